The van der Waals surface area contributed by atoms with Crippen molar-refractivity contribution in [3.8, 4) is 22.4 Å². The van der Waals surface area contributed by atoms with Gasteiger partial charge in [0, 0.05) is 27.4 Å². The third kappa shape index (κ3) is 2.80. The smallest absolute Gasteiger partial charge is 0.163 e. The maximum Gasteiger partial charge on any atom is 0.163 e. The zero-order chi connectivity index (χ0) is 17.4. The molecule has 124 valence electrons. The van der Waals surface area contributed by atoms with E-state index in [-0.39, 0.29) is 0 Å². The Bertz CT molecular complexity index is 1050. The maximum atomic E-state index is 6.40. The second kappa shape index (κ2) is 6.51. The van der Waals surface area contributed by atoms with Crippen LogP contribution in [0.1, 0.15) is 12.6 Å². The van der Waals surface area contributed by atoms with Crippen molar-refractivity contribution in [1.82, 2.24) is 14.6 Å². The molecule has 0 saturated carbocycles. The van der Waals surface area contributed by atoms with E-state index in [2.05, 4.69) is 11.9 Å². The molecule has 0 radical (unpaired) electrons. The van der Waals surface area contributed by atoms with E-state index in [0.29, 0.717) is 10.0 Å². The second-order valence-electron chi connectivity index (χ2n) is 5.73. The monoisotopic (exact) mass is 367 g/mol. The highest BCUT2D eigenvalue weighted by molar-refractivity contribution is 6.33. The summed E-state index contributed by atoms with van der Waals surface area (Å²) in [6.07, 6.45) is 2.61. The van der Waals surface area contributed by atoms with Crippen LogP contribution in [0.15, 0.2) is 60.8 Å². The molecule has 0 unspecified atom stereocenters. The van der Waals surface area contributed by atoms with Crippen molar-refractivity contribution in [2.75, 3.05) is 0 Å². The second-order valence-corrected chi connectivity index (χ2v) is 6.57. The summed E-state index contributed by atoms with van der Waals surface area (Å²) in [5, 5.41) is 6.21. The number of fused-ring (bicyclic) bond motifs is 1. The van der Waals surface area contributed by atoms with Crippen molar-refractivity contribution in [3.05, 3.63) is 76.5 Å². The minimum atomic E-state index is 0.691. The number of aryl methyl sites for hydroxylation is 1. The van der Waals surface area contributed by atoms with Gasteiger partial charge >= 0.3 is 0 Å². The summed E-state index contributed by atoms with van der Waals surface area (Å²) in [5.41, 5.74) is 5.76. The Kier molecular flexibility index (Phi) is 4.20. The predicted octanol–water partition coefficient (Wildman–Crippen LogP) is 5.93. The van der Waals surface area contributed by atoms with Crippen LogP contribution < -0.4 is 0 Å². The van der Waals surface area contributed by atoms with E-state index < -0.39 is 0 Å². The fourth-order valence-electron chi connectivity index (χ4n) is 3.02. The largest absolute Gasteiger partial charge is 0.236 e. The van der Waals surface area contributed by atoms with E-state index in [4.69, 9.17) is 28.3 Å². The van der Waals surface area contributed by atoms with Gasteiger partial charge in [0.05, 0.1) is 11.4 Å². The Hall–Kier alpha value is -2.36. The van der Waals surface area contributed by atoms with Gasteiger partial charge in [-0.3, -0.25) is 0 Å². The minimum absolute atomic E-state index is 0.691. The van der Waals surface area contributed by atoms with E-state index in [1.54, 1.807) is 6.20 Å². The standard InChI is InChI=1S/C20H15Cl2N3/c1-2-17-19(13-7-9-14(21)10-8-13)20-23-12-11-18(25(20)24-17)15-5-3-4-6-16(15)22/h3-12H,2H2,1H3. The van der Waals surface area contributed by atoms with Crippen LogP contribution in [0, 0.1) is 0 Å². The Morgan fingerprint density at radius 2 is 1.72 bits per heavy atom. The van der Waals surface area contributed by atoms with Gasteiger partial charge in [0.2, 0.25) is 0 Å². The summed E-state index contributed by atoms with van der Waals surface area (Å²) in [6.45, 7) is 2.09. The molecule has 0 amide bonds. The minimum Gasteiger partial charge on any atom is -0.236 e. The van der Waals surface area contributed by atoms with Crippen LogP contribution >= 0.6 is 23.2 Å². The first-order chi connectivity index (χ1) is 12.2. The highest BCUT2D eigenvalue weighted by Gasteiger charge is 2.17. The van der Waals surface area contributed by atoms with Gasteiger partial charge in [0.25, 0.3) is 0 Å². The summed E-state index contributed by atoms with van der Waals surface area (Å²) in [4.78, 5) is 4.59. The van der Waals surface area contributed by atoms with Crippen LogP contribution in [0.25, 0.3) is 28.0 Å². The molecule has 2 aromatic carbocycles. The molecule has 0 aliphatic carbocycles. The molecular formula is C20H15Cl2N3. The van der Waals surface area contributed by atoms with Crippen LogP contribution in [-0.2, 0) is 6.42 Å². The lowest BCUT2D eigenvalue weighted by atomic mass is 10.0. The molecule has 0 fully saturated rings. The zero-order valence-electron chi connectivity index (χ0n) is 13.6. The van der Waals surface area contributed by atoms with Crippen LogP contribution in [0.3, 0.4) is 0 Å². The third-order valence-electron chi connectivity index (χ3n) is 4.21. The quantitative estimate of drug-likeness (QED) is 0.448. The van der Waals surface area contributed by atoms with Crippen molar-refractivity contribution in [2.45, 2.75) is 13.3 Å². The molecule has 0 N–H and O–H groups in total. The first kappa shape index (κ1) is 16.1. The fourth-order valence-corrected chi connectivity index (χ4v) is 3.38. The lowest BCUT2D eigenvalue weighted by Gasteiger charge is -2.07. The average molecular weight is 368 g/mol. The number of benzene rings is 2. The van der Waals surface area contributed by atoms with Gasteiger partial charge in [0.1, 0.15) is 0 Å². The van der Waals surface area contributed by atoms with Crippen molar-refractivity contribution in [2.24, 2.45) is 0 Å². The number of rotatable bonds is 3. The Morgan fingerprint density at radius 3 is 2.44 bits per heavy atom. The zero-order valence-corrected chi connectivity index (χ0v) is 15.1. The maximum absolute atomic E-state index is 6.40. The first-order valence-corrected chi connectivity index (χ1v) is 8.82. The lowest BCUT2D eigenvalue weighted by Crippen LogP contribution is -1.96. The van der Waals surface area contributed by atoms with Crippen molar-refractivity contribution in [3.63, 3.8) is 0 Å². The molecule has 3 nitrogen and oxygen atoms in total. The molecule has 2 aromatic heterocycles. The van der Waals surface area contributed by atoms with Crippen molar-refractivity contribution in [1.29, 1.82) is 0 Å². The average Bonchev–Trinajstić information content (AvgIpc) is 3.02. The van der Waals surface area contributed by atoms with Gasteiger partial charge in [-0.25, -0.2) is 9.50 Å². The summed E-state index contributed by atoms with van der Waals surface area (Å²) in [5.74, 6) is 0. The number of nitrogens with zero attached hydrogens (tertiary/aromatic N) is 3. The van der Waals surface area contributed by atoms with Gasteiger partial charge in [-0.1, -0.05) is 60.5 Å². The summed E-state index contributed by atoms with van der Waals surface area (Å²) in [6, 6.07) is 17.5. The fraction of sp³-hybridized carbons (Fsp3) is 0.100. The lowest BCUT2D eigenvalue weighted by molar-refractivity contribution is 0.894. The highest BCUT2D eigenvalue weighted by Crippen LogP contribution is 2.33. The van der Waals surface area contributed by atoms with Crippen LogP contribution in [0.2, 0.25) is 10.0 Å². The molecule has 0 spiro atoms. The van der Waals surface area contributed by atoms with Crippen LogP contribution in [-0.4, -0.2) is 14.6 Å². The molecule has 2 heterocycles. The molecule has 0 aliphatic heterocycles. The molecule has 0 aliphatic rings. The van der Waals surface area contributed by atoms with Crippen LogP contribution in [0.4, 0.5) is 0 Å². The Labute approximate surface area is 155 Å². The Morgan fingerprint density at radius 1 is 0.960 bits per heavy atom. The summed E-state index contributed by atoms with van der Waals surface area (Å²) < 4.78 is 1.88. The van der Waals surface area contributed by atoms with E-state index in [9.17, 15) is 0 Å². The molecule has 4 rings (SSSR count). The van der Waals surface area contributed by atoms with E-state index >= 15 is 0 Å². The number of hydrogen-bond acceptors (Lipinski definition) is 2. The topological polar surface area (TPSA) is 30.2 Å². The normalized spacial score (nSPS) is 11.2. The summed E-state index contributed by atoms with van der Waals surface area (Å²) >= 11 is 12.4. The summed E-state index contributed by atoms with van der Waals surface area (Å²) in [7, 11) is 0. The van der Waals surface area contributed by atoms with Crippen molar-refractivity contribution >= 4 is 28.8 Å². The molecule has 4 aromatic rings. The van der Waals surface area contributed by atoms with E-state index in [1.807, 2.05) is 59.1 Å². The van der Waals surface area contributed by atoms with Crippen LogP contribution in [0.5, 0.6) is 0 Å². The van der Waals surface area contributed by atoms with E-state index in [1.165, 1.54) is 0 Å². The highest BCUT2D eigenvalue weighted by atomic mass is 35.5. The Balaban J connectivity index is 2.01. The molecule has 0 saturated heterocycles. The molecule has 25 heavy (non-hydrogen) atoms. The predicted molar refractivity (Wildman–Crippen MR) is 103 cm³/mol. The molecule has 0 atom stereocenters. The van der Waals surface area contributed by atoms with Gasteiger partial charge in [-0.2, -0.15) is 5.10 Å². The first-order valence-electron chi connectivity index (χ1n) is 8.06. The number of aromatic nitrogens is 3. The van der Waals surface area contributed by atoms with Gasteiger partial charge in [-0.15, -0.1) is 0 Å². The number of halogens is 2. The van der Waals surface area contributed by atoms with Gasteiger partial charge in [-0.05, 0) is 36.2 Å². The van der Waals surface area contributed by atoms with Gasteiger partial charge in [0.15, 0.2) is 5.65 Å². The molecule has 0 bridgehead atoms. The third-order valence-corrected chi connectivity index (χ3v) is 4.79. The molecular weight excluding hydrogens is 353 g/mol. The SMILES string of the molecule is CCc1nn2c(-c3ccccc3Cl)ccnc2c1-c1ccc(Cl)cc1. The van der Waals surface area contributed by atoms with Gasteiger partial charge < -0.3 is 0 Å². The number of hydrogen-bond donors (Lipinski definition) is 0. The van der Waals surface area contributed by atoms with E-state index in [0.717, 1.165) is 40.1 Å². The van der Waals surface area contributed by atoms with Crippen molar-refractivity contribution < 1.29 is 0 Å². The molecule has 5 heteroatoms.